The first-order valence-electron chi connectivity index (χ1n) is 5.17. The first kappa shape index (κ1) is 11.7. The molecule has 0 saturated carbocycles. The average Bonchev–Trinajstić information content (AvgIpc) is 2.74. The van der Waals surface area contributed by atoms with E-state index in [0.717, 1.165) is 22.0 Å². The Hall–Kier alpha value is -1.80. The number of aromatic amines is 1. The number of benzene rings is 2. The van der Waals surface area contributed by atoms with Gasteiger partial charge in [-0.2, -0.15) is 0 Å². The summed E-state index contributed by atoms with van der Waals surface area (Å²) in [6.45, 7) is 0. The van der Waals surface area contributed by atoms with Gasteiger partial charge in [0.25, 0.3) is 0 Å². The molecule has 1 nitrogen and oxygen atoms in total. The quantitative estimate of drug-likeness (QED) is 0.656. The van der Waals surface area contributed by atoms with Crippen molar-refractivity contribution < 1.29 is 4.39 Å². The van der Waals surface area contributed by atoms with Crippen LogP contribution in [0.4, 0.5) is 4.39 Å². The maximum Gasteiger partial charge on any atom is 0.123 e. The Morgan fingerprint density at radius 1 is 0.882 bits per heavy atom. The molecule has 2 aromatic carbocycles. The van der Waals surface area contributed by atoms with Gasteiger partial charge in [0, 0.05) is 22.7 Å². The van der Waals surface area contributed by atoms with E-state index in [1.54, 1.807) is 12.1 Å². The van der Waals surface area contributed by atoms with Gasteiger partial charge in [0.15, 0.2) is 0 Å². The Labute approximate surface area is 105 Å². The summed E-state index contributed by atoms with van der Waals surface area (Å²) in [6.07, 6.45) is 1.96. The topological polar surface area (TPSA) is 15.8 Å². The first-order chi connectivity index (χ1) is 7.84. The molecular weight excluding hydrogens is 237 g/mol. The molecule has 0 radical (unpaired) electrons. The Morgan fingerprint density at radius 2 is 1.59 bits per heavy atom. The van der Waals surface area contributed by atoms with Crippen molar-refractivity contribution >= 4 is 23.3 Å². The van der Waals surface area contributed by atoms with Crippen molar-refractivity contribution in [1.29, 1.82) is 0 Å². The summed E-state index contributed by atoms with van der Waals surface area (Å²) in [7, 11) is 0. The molecule has 0 aliphatic carbocycles. The molecular formula is C14H11ClFN. The molecule has 3 rings (SSSR count). The molecule has 1 heterocycles. The van der Waals surface area contributed by atoms with Gasteiger partial charge >= 0.3 is 0 Å². The molecule has 17 heavy (non-hydrogen) atoms. The van der Waals surface area contributed by atoms with E-state index in [2.05, 4.69) is 11.1 Å². The SMILES string of the molecule is Cl.Fc1ccc(-c2c[nH]c3ccccc23)cc1. The zero-order valence-electron chi connectivity index (χ0n) is 8.98. The smallest absolute Gasteiger partial charge is 0.123 e. The van der Waals surface area contributed by atoms with E-state index >= 15 is 0 Å². The summed E-state index contributed by atoms with van der Waals surface area (Å²) >= 11 is 0. The third kappa shape index (κ3) is 2.04. The van der Waals surface area contributed by atoms with E-state index in [1.807, 2.05) is 24.4 Å². The van der Waals surface area contributed by atoms with Gasteiger partial charge in [0.2, 0.25) is 0 Å². The van der Waals surface area contributed by atoms with Crippen LogP contribution in [-0.2, 0) is 0 Å². The largest absolute Gasteiger partial charge is 0.361 e. The van der Waals surface area contributed by atoms with Crippen molar-refractivity contribution in [3.8, 4) is 11.1 Å². The third-order valence-corrected chi connectivity index (χ3v) is 2.74. The fourth-order valence-electron chi connectivity index (χ4n) is 1.94. The molecule has 0 aliphatic rings. The number of hydrogen-bond donors (Lipinski definition) is 1. The highest BCUT2D eigenvalue weighted by atomic mass is 35.5. The molecule has 3 heteroatoms. The molecule has 0 spiro atoms. The molecule has 0 unspecified atom stereocenters. The lowest BCUT2D eigenvalue weighted by Gasteiger charge is -1.98. The number of halogens is 2. The molecule has 0 aliphatic heterocycles. The number of aromatic nitrogens is 1. The van der Waals surface area contributed by atoms with Crippen LogP contribution < -0.4 is 0 Å². The zero-order chi connectivity index (χ0) is 11.0. The summed E-state index contributed by atoms with van der Waals surface area (Å²) in [6, 6.07) is 14.6. The Kier molecular flexibility index (Phi) is 3.16. The summed E-state index contributed by atoms with van der Waals surface area (Å²) in [4.78, 5) is 3.21. The van der Waals surface area contributed by atoms with Crippen LogP contribution in [0.3, 0.4) is 0 Å². The monoisotopic (exact) mass is 247 g/mol. The van der Waals surface area contributed by atoms with E-state index in [9.17, 15) is 4.39 Å². The fourth-order valence-corrected chi connectivity index (χ4v) is 1.94. The summed E-state index contributed by atoms with van der Waals surface area (Å²) < 4.78 is 12.8. The van der Waals surface area contributed by atoms with Crippen molar-refractivity contribution in [3.63, 3.8) is 0 Å². The van der Waals surface area contributed by atoms with Gasteiger partial charge in [-0.05, 0) is 23.8 Å². The predicted molar refractivity (Wildman–Crippen MR) is 70.9 cm³/mol. The van der Waals surface area contributed by atoms with Gasteiger partial charge in [-0.1, -0.05) is 30.3 Å². The van der Waals surface area contributed by atoms with Gasteiger partial charge in [-0.25, -0.2) is 4.39 Å². The molecule has 0 bridgehead atoms. The molecule has 1 N–H and O–H groups in total. The van der Waals surface area contributed by atoms with Crippen LogP contribution in [0.5, 0.6) is 0 Å². The minimum atomic E-state index is -0.205. The van der Waals surface area contributed by atoms with Crippen LogP contribution in [0.1, 0.15) is 0 Å². The summed E-state index contributed by atoms with van der Waals surface area (Å²) in [5, 5.41) is 1.16. The minimum absolute atomic E-state index is 0. The van der Waals surface area contributed by atoms with Crippen molar-refractivity contribution in [2.45, 2.75) is 0 Å². The summed E-state index contributed by atoms with van der Waals surface area (Å²) in [5.41, 5.74) is 3.23. The number of H-pyrrole nitrogens is 1. The lowest BCUT2D eigenvalue weighted by atomic mass is 10.1. The average molecular weight is 248 g/mol. The summed E-state index contributed by atoms with van der Waals surface area (Å²) in [5.74, 6) is -0.205. The Bertz CT molecular complexity index is 628. The van der Waals surface area contributed by atoms with E-state index in [4.69, 9.17) is 0 Å². The van der Waals surface area contributed by atoms with Crippen LogP contribution in [0.2, 0.25) is 0 Å². The molecule has 3 aromatic rings. The molecule has 0 amide bonds. The van der Waals surface area contributed by atoms with Crippen molar-refractivity contribution in [1.82, 2.24) is 4.98 Å². The normalized spacial score (nSPS) is 10.2. The van der Waals surface area contributed by atoms with E-state index in [1.165, 1.54) is 12.1 Å². The lowest BCUT2D eigenvalue weighted by molar-refractivity contribution is 0.628. The number of fused-ring (bicyclic) bond motifs is 1. The standard InChI is InChI=1S/C14H10FN.ClH/c15-11-7-5-10(6-8-11)13-9-16-14-4-2-1-3-12(13)14;/h1-9,16H;1H. The van der Waals surface area contributed by atoms with E-state index in [-0.39, 0.29) is 18.2 Å². The highest BCUT2D eigenvalue weighted by Gasteiger charge is 2.04. The van der Waals surface area contributed by atoms with E-state index < -0.39 is 0 Å². The van der Waals surface area contributed by atoms with Crippen molar-refractivity contribution in [2.24, 2.45) is 0 Å². The highest BCUT2D eigenvalue weighted by Crippen LogP contribution is 2.28. The Balaban J connectivity index is 0.00000108. The second-order valence-electron chi connectivity index (χ2n) is 3.75. The van der Waals surface area contributed by atoms with Crippen LogP contribution in [0.15, 0.2) is 54.7 Å². The lowest BCUT2D eigenvalue weighted by Crippen LogP contribution is -1.76. The number of para-hydroxylation sites is 1. The first-order valence-corrected chi connectivity index (χ1v) is 5.17. The molecule has 0 fully saturated rings. The molecule has 1 aromatic heterocycles. The molecule has 86 valence electrons. The van der Waals surface area contributed by atoms with Crippen LogP contribution in [0, 0.1) is 5.82 Å². The second kappa shape index (κ2) is 4.60. The van der Waals surface area contributed by atoms with E-state index in [0.29, 0.717) is 0 Å². The van der Waals surface area contributed by atoms with Crippen LogP contribution in [0.25, 0.3) is 22.0 Å². The predicted octanol–water partition coefficient (Wildman–Crippen LogP) is 4.40. The zero-order valence-corrected chi connectivity index (χ0v) is 9.80. The maximum absolute atomic E-state index is 12.8. The van der Waals surface area contributed by atoms with Gasteiger partial charge in [0.05, 0.1) is 0 Å². The second-order valence-corrected chi connectivity index (χ2v) is 3.75. The highest BCUT2D eigenvalue weighted by molar-refractivity contribution is 5.95. The van der Waals surface area contributed by atoms with Gasteiger partial charge in [0.1, 0.15) is 5.82 Å². The fraction of sp³-hybridized carbons (Fsp3) is 0. The van der Waals surface area contributed by atoms with Crippen LogP contribution >= 0.6 is 12.4 Å². The van der Waals surface area contributed by atoms with Gasteiger partial charge < -0.3 is 4.98 Å². The number of nitrogens with one attached hydrogen (secondary N) is 1. The Morgan fingerprint density at radius 3 is 2.35 bits per heavy atom. The van der Waals surface area contributed by atoms with Crippen LogP contribution in [-0.4, -0.2) is 4.98 Å². The molecule has 0 atom stereocenters. The maximum atomic E-state index is 12.8. The van der Waals surface area contributed by atoms with Gasteiger partial charge in [-0.15, -0.1) is 12.4 Å². The number of rotatable bonds is 1. The van der Waals surface area contributed by atoms with Crippen molar-refractivity contribution in [3.05, 3.63) is 60.5 Å². The third-order valence-electron chi connectivity index (χ3n) is 2.74. The van der Waals surface area contributed by atoms with Gasteiger partial charge in [-0.3, -0.25) is 0 Å². The van der Waals surface area contributed by atoms with Crippen molar-refractivity contribution in [2.75, 3.05) is 0 Å². The minimum Gasteiger partial charge on any atom is -0.361 e. The number of hydrogen-bond acceptors (Lipinski definition) is 0. The molecule has 0 saturated heterocycles.